The third-order valence-corrected chi connectivity index (χ3v) is 4.78. The first kappa shape index (κ1) is 21.0. The fourth-order valence-electron chi connectivity index (χ4n) is 3.27. The Morgan fingerprint density at radius 1 is 1.00 bits per heavy atom. The van der Waals surface area contributed by atoms with Crippen molar-refractivity contribution in [2.75, 3.05) is 38.1 Å². The second-order valence-corrected chi connectivity index (χ2v) is 6.54. The van der Waals surface area contributed by atoms with E-state index in [0.29, 0.717) is 0 Å². The van der Waals surface area contributed by atoms with Crippen LogP contribution >= 0.6 is 24.0 Å². The number of nitrogens with zero attached hydrogens (tertiary/aromatic N) is 7. The molecule has 0 saturated carbocycles. The molecule has 3 heterocycles. The zero-order chi connectivity index (χ0) is 19.2. The Kier molecular flexibility index (Phi) is 7.39. The largest absolute Gasteiger partial charge is 0.352 e. The number of hydrogen-bond donors (Lipinski definition) is 1. The molecule has 1 aliphatic heterocycles. The summed E-state index contributed by atoms with van der Waals surface area (Å²) in [5.41, 5.74) is 2.26. The third kappa shape index (κ3) is 5.22. The zero-order valence-corrected chi connectivity index (χ0v) is 18.7. The van der Waals surface area contributed by atoms with Crippen LogP contribution in [0.4, 0.5) is 5.95 Å². The summed E-state index contributed by atoms with van der Waals surface area (Å²) in [6.45, 7) is 4.26. The lowest BCUT2D eigenvalue weighted by Crippen LogP contribution is -2.52. The van der Waals surface area contributed by atoms with Gasteiger partial charge in [0, 0.05) is 64.6 Å². The monoisotopic (exact) mass is 504 g/mol. The molecule has 2 aromatic heterocycles. The van der Waals surface area contributed by atoms with E-state index in [9.17, 15) is 0 Å². The standard InChI is InChI=1S/C20H24N8.HI/c1-21-19(26-12-14-27(15-13-26)20-22-8-2-9-23-20)24-16-17-4-6-18(7-5-17)28-11-3-10-25-28;/h2-11H,12-16H2,1H3,(H,21,24);1H. The van der Waals surface area contributed by atoms with Gasteiger partial charge < -0.3 is 15.1 Å². The number of aromatic nitrogens is 4. The number of anilines is 1. The molecule has 1 fully saturated rings. The van der Waals surface area contributed by atoms with Crippen molar-refractivity contribution in [1.29, 1.82) is 0 Å². The number of halogens is 1. The second-order valence-electron chi connectivity index (χ2n) is 6.54. The smallest absolute Gasteiger partial charge is 0.225 e. The van der Waals surface area contributed by atoms with Crippen molar-refractivity contribution in [2.24, 2.45) is 4.99 Å². The summed E-state index contributed by atoms with van der Waals surface area (Å²) in [6.07, 6.45) is 7.29. The van der Waals surface area contributed by atoms with Crippen molar-refractivity contribution in [3.8, 4) is 5.69 Å². The van der Waals surface area contributed by atoms with Gasteiger partial charge in [0.1, 0.15) is 0 Å². The fraction of sp³-hybridized carbons (Fsp3) is 0.300. The van der Waals surface area contributed by atoms with E-state index in [1.54, 1.807) is 18.6 Å². The van der Waals surface area contributed by atoms with Crippen molar-refractivity contribution >= 4 is 35.9 Å². The highest BCUT2D eigenvalue weighted by Crippen LogP contribution is 2.11. The van der Waals surface area contributed by atoms with E-state index in [2.05, 4.69) is 59.4 Å². The Morgan fingerprint density at radius 3 is 2.34 bits per heavy atom. The van der Waals surface area contributed by atoms with Crippen LogP contribution in [-0.4, -0.2) is 63.8 Å². The van der Waals surface area contributed by atoms with Crippen molar-refractivity contribution in [1.82, 2.24) is 30.0 Å². The number of nitrogens with one attached hydrogen (secondary N) is 1. The Hall–Kier alpha value is -2.69. The average molecular weight is 504 g/mol. The molecule has 1 saturated heterocycles. The van der Waals surface area contributed by atoms with E-state index in [4.69, 9.17) is 0 Å². The topological polar surface area (TPSA) is 74.5 Å². The molecule has 0 unspecified atom stereocenters. The first-order chi connectivity index (χ1) is 13.8. The molecule has 9 heteroatoms. The van der Waals surface area contributed by atoms with E-state index in [1.165, 1.54) is 5.56 Å². The molecule has 152 valence electrons. The molecule has 0 bridgehead atoms. The van der Waals surface area contributed by atoms with Crippen LogP contribution in [0.15, 0.2) is 66.2 Å². The van der Waals surface area contributed by atoms with Crippen molar-refractivity contribution < 1.29 is 0 Å². The van der Waals surface area contributed by atoms with E-state index in [0.717, 1.165) is 50.3 Å². The maximum absolute atomic E-state index is 4.45. The van der Waals surface area contributed by atoms with Gasteiger partial charge in [-0.1, -0.05) is 12.1 Å². The van der Waals surface area contributed by atoms with Gasteiger partial charge in [-0.15, -0.1) is 24.0 Å². The Labute approximate surface area is 187 Å². The highest BCUT2D eigenvalue weighted by molar-refractivity contribution is 14.0. The quantitative estimate of drug-likeness (QED) is 0.334. The second kappa shape index (κ2) is 10.2. The van der Waals surface area contributed by atoms with Gasteiger partial charge in [0.25, 0.3) is 0 Å². The van der Waals surface area contributed by atoms with Gasteiger partial charge in [0.2, 0.25) is 5.95 Å². The lowest BCUT2D eigenvalue weighted by Gasteiger charge is -2.36. The fourth-order valence-corrected chi connectivity index (χ4v) is 3.27. The van der Waals surface area contributed by atoms with E-state index in [1.807, 2.05) is 30.1 Å². The first-order valence-electron chi connectivity index (χ1n) is 9.40. The molecule has 1 aliphatic rings. The normalized spacial score (nSPS) is 14.4. The van der Waals surface area contributed by atoms with Crippen LogP contribution in [0.5, 0.6) is 0 Å². The van der Waals surface area contributed by atoms with Gasteiger partial charge in [-0.25, -0.2) is 14.6 Å². The van der Waals surface area contributed by atoms with Crippen molar-refractivity contribution in [3.05, 3.63) is 66.7 Å². The van der Waals surface area contributed by atoms with Crippen LogP contribution < -0.4 is 10.2 Å². The van der Waals surface area contributed by atoms with Crippen molar-refractivity contribution in [3.63, 3.8) is 0 Å². The summed E-state index contributed by atoms with van der Waals surface area (Å²) < 4.78 is 1.85. The third-order valence-electron chi connectivity index (χ3n) is 4.78. The lowest BCUT2D eigenvalue weighted by atomic mass is 10.2. The van der Waals surface area contributed by atoms with Crippen LogP contribution in [0.25, 0.3) is 5.69 Å². The summed E-state index contributed by atoms with van der Waals surface area (Å²) in [5, 5.41) is 7.72. The molecule has 29 heavy (non-hydrogen) atoms. The van der Waals surface area contributed by atoms with E-state index in [-0.39, 0.29) is 24.0 Å². The molecule has 0 spiro atoms. The lowest BCUT2D eigenvalue weighted by molar-refractivity contribution is 0.370. The predicted molar refractivity (Wildman–Crippen MR) is 125 cm³/mol. The zero-order valence-electron chi connectivity index (χ0n) is 16.3. The predicted octanol–water partition coefficient (Wildman–Crippen LogP) is 2.18. The van der Waals surface area contributed by atoms with E-state index >= 15 is 0 Å². The highest BCUT2D eigenvalue weighted by Gasteiger charge is 2.20. The Balaban J connectivity index is 0.00000240. The highest BCUT2D eigenvalue weighted by atomic mass is 127. The Bertz CT molecular complexity index is 888. The maximum Gasteiger partial charge on any atom is 0.225 e. The summed E-state index contributed by atoms with van der Waals surface area (Å²) in [6, 6.07) is 12.1. The number of aliphatic imine (C=N–C) groups is 1. The maximum atomic E-state index is 4.45. The summed E-state index contributed by atoms with van der Waals surface area (Å²) in [4.78, 5) is 17.6. The molecule has 0 radical (unpaired) electrons. The molecular formula is C20H25IN8. The minimum atomic E-state index is 0. The van der Waals surface area contributed by atoms with Gasteiger partial charge in [-0.2, -0.15) is 5.10 Å². The number of piperazine rings is 1. The molecule has 1 N–H and O–H groups in total. The Morgan fingerprint density at radius 2 is 1.72 bits per heavy atom. The van der Waals surface area contributed by atoms with Crippen LogP contribution in [0, 0.1) is 0 Å². The van der Waals surface area contributed by atoms with Gasteiger partial charge in [-0.05, 0) is 29.8 Å². The SMILES string of the molecule is CN=C(NCc1ccc(-n2cccn2)cc1)N1CCN(c2ncccn2)CC1.I. The summed E-state index contributed by atoms with van der Waals surface area (Å²) in [5.74, 6) is 1.71. The number of rotatable bonds is 4. The number of guanidine groups is 1. The van der Waals surface area contributed by atoms with Crippen LogP contribution in [0.2, 0.25) is 0 Å². The van der Waals surface area contributed by atoms with Crippen LogP contribution in [0.1, 0.15) is 5.56 Å². The summed E-state index contributed by atoms with van der Waals surface area (Å²) >= 11 is 0. The molecule has 1 aromatic carbocycles. The molecule has 0 atom stereocenters. The van der Waals surface area contributed by atoms with Gasteiger partial charge in [-0.3, -0.25) is 4.99 Å². The minimum Gasteiger partial charge on any atom is -0.352 e. The van der Waals surface area contributed by atoms with Crippen LogP contribution in [0.3, 0.4) is 0 Å². The molecular weight excluding hydrogens is 479 g/mol. The van der Waals surface area contributed by atoms with Crippen LogP contribution in [-0.2, 0) is 6.54 Å². The van der Waals surface area contributed by atoms with Crippen molar-refractivity contribution in [2.45, 2.75) is 6.54 Å². The molecule has 8 nitrogen and oxygen atoms in total. The average Bonchev–Trinajstić information content (AvgIpc) is 3.31. The molecule has 0 amide bonds. The molecule has 0 aliphatic carbocycles. The summed E-state index contributed by atoms with van der Waals surface area (Å²) in [7, 11) is 1.83. The molecule has 3 aromatic rings. The van der Waals surface area contributed by atoms with Gasteiger partial charge in [0.15, 0.2) is 5.96 Å². The van der Waals surface area contributed by atoms with Gasteiger partial charge in [0.05, 0.1) is 5.69 Å². The number of benzene rings is 1. The molecule has 4 rings (SSSR count). The number of hydrogen-bond acceptors (Lipinski definition) is 5. The van der Waals surface area contributed by atoms with Gasteiger partial charge >= 0.3 is 0 Å². The minimum absolute atomic E-state index is 0. The first-order valence-corrected chi connectivity index (χ1v) is 9.40. The van der Waals surface area contributed by atoms with E-state index < -0.39 is 0 Å².